The summed E-state index contributed by atoms with van der Waals surface area (Å²) in [6, 6.07) is 13.4. The van der Waals surface area contributed by atoms with Crippen molar-refractivity contribution in [2.75, 3.05) is 19.7 Å². The fourth-order valence-electron chi connectivity index (χ4n) is 2.80. The fourth-order valence-corrected chi connectivity index (χ4v) is 2.80. The number of carbonyl (C=O) groups excluding carboxylic acids is 1. The van der Waals surface area contributed by atoms with Crippen LogP contribution in [0.3, 0.4) is 0 Å². The second-order valence-electron chi connectivity index (χ2n) is 5.90. The predicted molar refractivity (Wildman–Crippen MR) is 97.9 cm³/mol. The number of ether oxygens (including phenoxy) is 1. The van der Waals surface area contributed by atoms with Gasteiger partial charge in [0.25, 0.3) is 5.69 Å². The van der Waals surface area contributed by atoms with Gasteiger partial charge in [0.05, 0.1) is 24.0 Å². The highest BCUT2D eigenvalue weighted by atomic mass is 16.6. The number of aliphatic imine (C=N–C) groups is 1. The number of nitro groups is 1. The first-order valence-corrected chi connectivity index (χ1v) is 8.38. The molecule has 0 radical (unpaired) electrons. The van der Waals surface area contributed by atoms with Crippen LogP contribution in [0.4, 0.5) is 5.69 Å². The molecule has 0 amide bonds. The lowest BCUT2D eigenvalue weighted by molar-refractivity contribution is -0.384. The lowest BCUT2D eigenvalue weighted by atomic mass is 9.96. The van der Waals surface area contributed by atoms with Crippen molar-refractivity contribution in [3.8, 4) is 5.75 Å². The van der Waals surface area contributed by atoms with Gasteiger partial charge in [0.1, 0.15) is 11.6 Å². The van der Waals surface area contributed by atoms with E-state index < -0.39 is 4.92 Å². The van der Waals surface area contributed by atoms with E-state index in [1.165, 1.54) is 12.1 Å². The first-order valence-electron chi connectivity index (χ1n) is 8.38. The number of benzene rings is 2. The molecule has 1 unspecified atom stereocenters. The van der Waals surface area contributed by atoms with E-state index in [-0.39, 0.29) is 17.4 Å². The largest absolute Gasteiger partial charge is 0.494 e. The summed E-state index contributed by atoms with van der Waals surface area (Å²) >= 11 is 0. The number of hydrogen-bond acceptors (Lipinski definition) is 6. The van der Waals surface area contributed by atoms with Crippen molar-refractivity contribution in [2.45, 2.75) is 6.92 Å². The minimum absolute atomic E-state index is 0.0135. The van der Waals surface area contributed by atoms with Crippen LogP contribution in [-0.2, 0) is 0 Å². The highest BCUT2D eigenvalue weighted by molar-refractivity contribution is 6.02. The molecule has 1 atom stereocenters. The summed E-state index contributed by atoms with van der Waals surface area (Å²) in [5.74, 6) is 1.05. The number of ketones is 1. The summed E-state index contributed by atoms with van der Waals surface area (Å²) in [7, 11) is 0. The normalized spacial score (nSPS) is 16.3. The number of Topliss-reactive ketones (excluding diaryl/α,β-unsaturated/α-hetero) is 1. The van der Waals surface area contributed by atoms with Crippen molar-refractivity contribution in [1.29, 1.82) is 0 Å². The van der Waals surface area contributed by atoms with Crippen molar-refractivity contribution in [1.82, 2.24) is 5.32 Å². The van der Waals surface area contributed by atoms with Gasteiger partial charge in [0.15, 0.2) is 5.78 Å². The third-order valence-corrected chi connectivity index (χ3v) is 4.14. The molecule has 2 aromatic rings. The Morgan fingerprint density at radius 3 is 2.69 bits per heavy atom. The maximum absolute atomic E-state index is 12.6. The first kappa shape index (κ1) is 17.6. The highest BCUT2D eigenvalue weighted by Crippen LogP contribution is 2.18. The molecule has 0 bridgehead atoms. The molecule has 0 spiro atoms. The molecule has 1 heterocycles. The number of non-ortho nitro benzene ring substituents is 1. The summed E-state index contributed by atoms with van der Waals surface area (Å²) < 4.78 is 5.38. The van der Waals surface area contributed by atoms with Crippen LogP contribution < -0.4 is 10.1 Å². The Morgan fingerprint density at radius 2 is 2.08 bits per heavy atom. The van der Waals surface area contributed by atoms with Crippen molar-refractivity contribution in [2.24, 2.45) is 10.9 Å². The van der Waals surface area contributed by atoms with Gasteiger partial charge in [-0.05, 0) is 31.2 Å². The van der Waals surface area contributed by atoms with Crippen molar-refractivity contribution < 1.29 is 14.5 Å². The smallest absolute Gasteiger partial charge is 0.270 e. The lowest BCUT2D eigenvalue weighted by Crippen LogP contribution is -2.39. The average Bonchev–Trinajstić information content (AvgIpc) is 2.68. The van der Waals surface area contributed by atoms with Gasteiger partial charge in [-0.1, -0.05) is 12.1 Å². The minimum atomic E-state index is -0.439. The summed E-state index contributed by atoms with van der Waals surface area (Å²) in [4.78, 5) is 27.5. The van der Waals surface area contributed by atoms with E-state index in [9.17, 15) is 14.9 Å². The maximum Gasteiger partial charge on any atom is 0.270 e. The molecule has 1 aliphatic rings. The van der Waals surface area contributed by atoms with E-state index >= 15 is 0 Å². The number of nitrogens with one attached hydrogen (secondary N) is 1. The second-order valence-corrected chi connectivity index (χ2v) is 5.90. The molecule has 7 heteroatoms. The molecule has 134 valence electrons. The zero-order chi connectivity index (χ0) is 18.5. The van der Waals surface area contributed by atoms with Gasteiger partial charge in [-0.25, -0.2) is 0 Å². The topological polar surface area (TPSA) is 93.8 Å². The quantitative estimate of drug-likeness (QED) is 0.490. The van der Waals surface area contributed by atoms with Crippen LogP contribution >= 0.6 is 0 Å². The Morgan fingerprint density at radius 1 is 1.31 bits per heavy atom. The standard InChI is InChI=1S/C19H19N3O4/c1-2-26-17-8-6-13(7-9-17)18(23)15-11-20-19(21-12-15)14-4-3-5-16(10-14)22(24)25/h3-10,15H,2,11-12H2,1H3,(H,20,21). The van der Waals surface area contributed by atoms with Crippen LogP contribution in [0.15, 0.2) is 53.5 Å². The van der Waals surface area contributed by atoms with Crippen molar-refractivity contribution in [3.05, 3.63) is 69.8 Å². The van der Waals surface area contributed by atoms with Crippen LogP contribution in [0.1, 0.15) is 22.8 Å². The number of rotatable bonds is 6. The number of carbonyl (C=O) groups is 1. The average molecular weight is 353 g/mol. The van der Waals surface area contributed by atoms with Crippen LogP contribution in [0.2, 0.25) is 0 Å². The van der Waals surface area contributed by atoms with E-state index in [4.69, 9.17) is 4.74 Å². The van der Waals surface area contributed by atoms with Gasteiger partial charge < -0.3 is 10.1 Å². The maximum atomic E-state index is 12.6. The fraction of sp³-hybridized carbons (Fsp3) is 0.263. The summed E-state index contributed by atoms with van der Waals surface area (Å²) in [5, 5.41) is 14.0. The molecule has 1 N–H and O–H groups in total. The Labute approximate surface area is 150 Å². The number of amidine groups is 1. The zero-order valence-electron chi connectivity index (χ0n) is 14.3. The molecule has 0 fully saturated rings. The molecule has 3 rings (SSSR count). The van der Waals surface area contributed by atoms with Crippen LogP contribution in [-0.4, -0.2) is 36.2 Å². The van der Waals surface area contributed by atoms with E-state index in [2.05, 4.69) is 10.3 Å². The summed E-state index contributed by atoms with van der Waals surface area (Å²) in [6.45, 7) is 3.27. The van der Waals surface area contributed by atoms with Crippen LogP contribution in [0, 0.1) is 16.0 Å². The van der Waals surface area contributed by atoms with Gasteiger partial charge in [-0.3, -0.25) is 19.9 Å². The highest BCUT2D eigenvalue weighted by Gasteiger charge is 2.24. The van der Waals surface area contributed by atoms with Gasteiger partial charge in [-0.2, -0.15) is 0 Å². The molecule has 26 heavy (non-hydrogen) atoms. The molecular weight excluding hydrogens is 334 g/mol. The number of hydrogen-bond donors (Lipinski definition) is 1. The number of nitrogens with zero attached hydrogens (tertiary/aromatic N) is 2. The second kappa shape index (κ2) is 7.77. The van der Waals surface area contributed by atoms with E-state index in [1.54, 1.807) is 36.4 Å². The zero-order valence-corrected chi connectivity index (χ0v) is 14.3. The van der Waals surface area contributed by atoms with Gasteiger partial charge in [0.2, 0.25) is 0 Å². The van der Waals surface area contributed by atoms with Crippen LogP contribution in [0.5, 0.6) is 5.75 Å². The first-order chi connectivity index (χ1) is 12.6. The Balaban J connectivity index is 1.69. The molecule has 2 aromatic carbocycles. The summed E-state index contributed by atoms with van der Waals surface area (Å²) in [5.41, 5.74) is 1.28. The van der Waals surface area contributed by atoms with E-state index in [1.807, 2.05) is 6.92 Å². The molecule has 0 saturated carbocycles. The Hall–Kier alpha value is -3.22. The molecular formula is C19H19N3O4. The Bertz CT molecular complexity index is 846. The Kier molecular flexibility index (Phi) is 5.26. The van der Waals surface area contributed by atoms with Gasteiger partial charge in [0, 0.05) is 29.8 Å². The third-order valence-electron chi connectivity index (χ3n) is 4.14. The molecule has 7 nitrogen and oxygen atoms in total. The summed E-state index contributed by atoms with van der Waals surface area (Å²) in [6.07, 6.45) is 0. The lowest BCUT2D eigenvalue weighted by Gasteiger charge is -2.22. The third kappa shape index (κ3) is 3.88. The molecule has 0 aliphatic carbocycles. The van der Waals surface area contributed by atoms with E-state index in [0.29, 0.717) is 36.7 Å². The number of nitro benzene ring substituents is 1. The van der Waals surface area contributed by atoms with Gasteiger partial charge >= 0.3 is 0 Å². The molecule has 0 aromatic heterocycles. The minimum Gasteiger partial charge on any atom is -0.494 e. The van der Waals surface area contributed by atoms with Crippen molar-refractivity contribution in [3.63, 3.8) is 0 Å². The monoisotopic (exact) mass is 353 g/mol. The van der Waals surface area contributed by atoms with Crippen molar-refractivity contribution >= 4 is 17.3 Å². The predicted octanol–water partition coefficient (Wildman–Crippen LogP) is 2.84. The van der Waals surface area contributed by atoms with E-state index in [0.717, 1.165) is 5.75 Å². The molecule has 1 aliphatic heterocycles. The van der Waals surface area contributed by atoms with Gasteiger partial charge in [-0.15, -0.1) is 0 Å². The van der Waals surface area contributed by atoms with Crippen LogP contribution in [0.25, 0.3) is 0 Å². The SMILES string of the molecule is CCOc1ccc(C(=O)C2CN=C(c3cccc([N+](=O)[O-])c3)NC2)cc1. The molecule has 0 saturated heterocycles.